The van der Waals surface area contributed by atoms with Gasteiger partial charge in [-0.3, -0.25) is 14.4 Å². The lowest BCUT2D eigenvalue weighted by Crippen LogP contribution is -2.33. The van der Waals surface area contributed by atoms with Crippen LogP contribution in [0.1, 0.15) is 30.6 Å². The molecule has 3 amide bonds. The van der Waals surface area contributed by atoms with E-state index in [4.69, 9.17) is 0 Å². The van der Waals surface area contributed by atoms with Crippen LogP contribution in [-0.4, -0.2) is 35.2 Å². The zero-order chi connectivity index (χ0) is 21.1. The molecule has 3 rings (SSSR count). The standard InChI is InChI=1S/C21H21F2N3O3/c1-12(2)26-11-14(7-19(26)27)21(29)24-17-5-3-13(4-6-17)20(28)25-18-9-15(22)8-16(23)10-18/h3-6,8-10,12,14H,7,11H2,1-2H3,(H,24,29)(H,25,28). The van der Waals surface area contributed by atoms with Crippen LogP contribution in [0.25, 0.3) is 0 Å². The van der Waals surface area contributed by atoms with E-state index < -0.39 is 23.5 Å². The number of benzene rings is 2. The maximum atomic E-state index is 13.2. The fourth-order valence-corrected chi connectivity index (χ4v) is 3.18. The summed E-state index contributed by atoms with van der Waals surface area (Å²) in [5.41, 5.74) is 0.749. The molecule has 0 aromatic heterocycles. The number of nitrogens with one attached hydrogen (secondary N) is 2. The molecule has 2 N–H and O–H groups in total. The molecule has 1 aliphatic rings. The first kappa shape index (κ1) is 20.4. The molecule has 2 aromatic rings. The number of carbonyl (C=O) groups excluding carboxylic acids is 3. The summed E-state index contributed by atoms with van der Waals surface area (Å²) in [5, 5.41) is 5.16. The summed E-state index contributed by atoms with van der Waals surface area (Å²) >= 11 is 0. The molecule has 0 aliphatic carbocycles. The van der Waals surface area contributed by atoms with E-state index in [2.05, 4.69) is 10.6 Å². The average Bonchev–Trinajstić information content (AvgIpc) is 3.03. The SMILES string of the molecule is CC(C)N1CC(C(=O)Nc2ccc(C(=O)Nc3cc(F)cc(F)c3)cc2)CC1=O. The number of halogens is 2. The van der Waals surface area contributed by atoms with Gasteiger partial charge in [-0.15, -0.1) is 0 Å². The Morgan fingerprint density at radius 2 is 1.62 bits per heavy atom. The molecule has 0 radical (unpaired) electrons. The van der Waals surface area contributed by atoms with Crippen LogP contribution in [0.5, 0.6) is 0 Å². The van der Waals surface area contributed by atoms with Gasteiger partial charge < -0.3 is 15.5 Å². The molecular weight excluding hydrogens is 380 g/mol. The molecule has 1 atom stereocenters. The van der Waals surface area contributed by atoms with E-state index in [1.807, 2.05) is 13.8 Å². The Kier molecular flexibility index (Phi) is 5.91. The number of hydrogen-bond donors (Lipinski definition) is 2. The van der Waals surface area contributed by atoms with E-state index in [1.54, 1.807) is 17.0 Å². The third-order valence-corrected chi connectivity index (χ3v) is 4.69. The number of rotatable bonds is 5. The largest absolute Gasteiger partial charge is 0.339 e. The van der Waals surface area contributed by atoms with E-state index in [9.17, 15) is 23.2 Å². The van der Waals surface area contributed by atoms with E-state index >= 15 is 0 Å². The van der Waals surface area contributed by atoms with Crippen molar-refractivity contribution < 1.29 is 23.2 Å². The Morgan fingerprint density at radius 3 is 2.17 bits per heavy atom. The van der Waals surface area contributed by atoms with Crippen molar-refractivity contribution in [3.05, 3.63) is 59.7 Å². The van der Waals surface area contributed by atoms with Crippen LogP contribution in [0, 0.1) is 17.6 Å². The minimum Gasteiger partial charge on any atom is -0.339 e. The third kappa shape index (κ3) is 4.96. The lowest BCUT2D eigenvalue weighted by molar-refractivity contribution is -0.129. The van der Waals surface area contributed by atoms with Crippen molar-refractivity contribution in [1.82, 2.24) is 4.90 Å². The summed E-state index contributed by atoms with van der Waals surface area (Å²) in [6, 6.07) is 8.86. The maximum Gasteiger partial charge on any atom is 0.255 e. The van der Waals surface area contributed by atoms with Gasteiger partial charge in [0, 0.05) is 42.0 Å². The van der Waals surface area contributed by atoms with Gasteiger partial charge in [-0.25, -0.2) is 8.78 Å². The Hall–Kier alpha value is -3.29. The minimum absolute atomic E-state index is 0.00508. The van der Waals surface area contributed by atoms with Crippen molar-refractivity contribution in [2.75, 3.05) is 17.2 Å². The van der Waals surface area contributed by atoms with E-state index in [-0.39, 0.29) is 35.5 Å². The van der Waals surface area contributed by atoms with Gasteiger partial charge in [-0.1, -0.05) is 0 Å². The summed E-state index contributed by atoms with van der Waals surface area (Å²) in [7, 11) is 0. The molecule has 0 spiro atoms. The van der Waals surface area contributed by atoms with Crippen LogP contribution in [-0.2, 0) is 9.59 Å². The van der Waals surface area contributed by atoms with Gasteiger partial charge in [-0.2, -0.15) is 0 Å². The topological polar surface area (TPSA) is 78.5 Å². The molecule has 152 valence electrons. The second kappa shape index (κ2) is 8.38. The van der Waals surface area contributed by atoms with Crippen molar-refractivity contribution in [3.63, 3.8) is 0 Å². The van der Waals surface area contributed by atoms with Gasteiger partial charge in [0.1, 0.15) is 11.6 Å². The third-order valence-electron chi connectivity index (χ3n) is 4.69. The van der Waals surface area contributed by atoms with Gasteiger partial charge in [0.2, 0.25) is 11.8 Å². The normalized spacial score (nSPS) is 16.2. The first-order valence-electron chi connectivity index (χ1n) is 9.21. The molecule has 1 fully saturated rings. The number of anilines is 2. The molecule has 8 heteroatoms. The number of likely N-dealkylation sites (tertiary alicyclic amines) is 1. The predicted octanol–water partition coefficient (Wildman–Crippen LogP) is 3.41. The lowest BCUT2D eigenvalue weighted by Gasteiger charge is -2.20. The van der Waals surface area contributed by atoms with Crippen molar-refractivity contribution >= 4 is 29.1 Å². The molecule has 0 bridgehead atoms. The molecule has 29 heavy (non-hydrogen) atoms. The van der Waals surface area contributed by atoms with Crippen LogP contribution in [0.4, 0.5) is 20.2 Å². The average molecular weight is 401 g/mol. The maximum absolute atomic E-state index is 13.2. The van der Waals surface area contributed by atoms with Gasteiger partial charge >= 0.3 is 0 Å². The first-order valence-corrected chi connectivity index (χ1v) is 9.21. The molecule has 1 heterocycles. The second-order valence-corrected chi connectivity index (χ2v) is 7.22. The van der Waals surface area contributed by atoms with E-state index in [0.29, 0.717) is 18.3 Å². The summed E-state index contributed by atoms with van der Waals surface area (Å²) in [6.45, 7) is 4.19. The van der Waals surface area contributed by atoms with Gasteiger partial charge in [0.05, 0.1) is 5.92 Å². The van der Waals surface area contributed by atoms with Crippen LogP contribution in [0.3, 0.4) is 0 Å². The Morgan fingerprint density at radius 1 is 1.00 bits per heavy atom. The zero-order valence-corrected chi connectivity index (χ0v) is 16.0. The minimum atomic E-state index is -0.792. The highest BCUT2D eigenvalue weighted by molar-refractivity contribution is 6.04. The smallest absolute Gasteiger partial charge is 0.255 e. The summed E-state index contributed by atoms with van der Waals surface area (Å²) < 4.78 is 26.4. The van der Waals surface area contributed by atoms with Crippen LogP contribution in [0.15, 0.2) is 42.5 Å². The Bertz CT molecular complexity index is 924. The van der Waals surface area contributed by atoms with Crippen molar-refractivity contribution in [2.45, 2.75) is 26.3 Å². The summed E-state index contributed by atoms with van der Waals surface area (Å²) in [4.78, 5) is 38.3. The predicted molar refractivity (Wildman–Crippen MR) is 104 cm³/mol. The quantitative estimate of drug-likeness (QED) is 0.806. The fraction of sp³-hybridized carbons (Fsp3) is 0.286. The molecule has 0 saturated carbocycles. The fourth-order valence-electron chi connectivity index (χ4n) is 3.18. The first-order chi connectivity index (χ1) is 13.7. The number of hydrogen-bond acceptors (Lipinski definition) is 3. The molecule has 1 unspecified atom stereocenters. The molecule has 1 aliphatic heterocycles. The zero-order valence-electron chi connectivity index (χ0n) is 16.0. The Balaban J connectivity index is 1.60. The highest BCUT2D eigenvalue weighted by Gasteiger charge is 2.35. The summed E-state index contributed by atoms with van der Waals surface area (Å²) in [5.74, 6) is -2.84. The monoisotopic (exact) mass is 401 g/mol. The van der Waals surface area contributed by atoms with Crippen molar-refractivity contribution in [3.8, 4) is 0 Å². The van der Waals surface area contributed by atoms with Crippen molar-refractivity contribution in [2.24, 2.45) is 5.92 Å². The molecule has 6 nitrogen and oxygen atoms in total. The van der Waals surface area contributed by atoms with Crippen LogP contribution in [0.2, 0.25) is 0 Å². The lowest BCUT2D eigenvalue weighted by atomic mass is 10.1. The van der Waals surface area contributed by atoms with E-state index in [0.717, 1.165) is 12.1 Å². The van der Waals surface area contributed by atoms with Gasteiger partial charge in [0.25, 0.3) is 5.91 Å². The number of amides is 3. The number of carbonyl (C=O) groups is 3. The second-order valence-electron chi connectivity index (χ2n) is 7.22. The van der Waals surface area contributed by atoms with Gasteiger partial charge in [-0.05, 0) is 50.2 Å². The van der Waals surface area contributed by atoms with E-state index in [1.165, 1.54) is 12.1 Å². The van der Waals surface area contributed by atoms with Gasteiger partial charge in [0.15, 0.2) is 0 Å². The van der Waals surface area contributed by atoms with Crippen molar-refractivity contribution in [1.29, 1.82) is 0 Å². The van der Waals surface area contributed by atoms with Crippen LogP contribution < -0.4 is 10.6 Å². The summed E-state index contributed by atoms with van der Waals surface area (Å²) in [6.07, 6.45) is 0.175. The van der Waals surface area contributed by atoms with Crippen LogP contribution >= 0.6 is 0 Å². The molecular formula is C21H21F2N3O3. The molecule has 1 saturated heterocycles. The molecule has 2 aromatic carbocycles. The number of nitrogens with zero attached hydrogens (tertiary/aromatic N) is 1. The highest BCUT2D eigenvalue weighted by atomic mass is 19.1. The Labute approximate surface area is 166 Å². The highest BCUT2D eigenvalue weighted by Crippen LogP contribution is 2.22.